The summed E-state index contributed by atoms with van der Waals surface area (Å²) in [6.45, 7) is 4.25. The van der Waals surface area contributed by atoms with E-state index in [4.69, 9.17) is 0 Å². The summed E-state index contributed by atoms with van der Waals surface area (Å²) in [5.41, 5.74) is 2.39. The van der Waals surface area contributed by atoms with Crippen LogP contribution in [0, 0.1) is 6.92 Å². The number of benzene rings is 1. The van der Waals surface area contributed by atoms with Gasteiger partial charge in [-0.15, -0.1) is 0 Å². The van der Waals surface area contributed by atoms with Gasteiger partial charge in [0.05, 0.1) is 0 Å². The van der Waals surface area contributed by atoms with Gasteiger partial charge < -0.3 is 0 Å². The van der Waals surface area contributed by atoms with Gasteiger partial charge in [0.15, 0.2) is 0 Å². The van der Waals surface area contributed by atoms with Gasteiger partial charge in [-0.05, 0) is 18.9 Å². The molecular weight excluding hydrogens is 196 g/mol. The molecule has 0 N–H and O–H groups in total. The number of carbonyl (C=O) groups excluding carboxylic acids is 1. The highest BCUT2D eigenvalue weighted by molar-refractivity contribution is 5.80. The van der Waals surface area contributed by atoms with Gasteiger partial charge in [0.2, 0.25) is 0 Å². The number of hydrogen-bond donors (Lipinski definition) is 0. The zero-order chi connectivity index (χ0) is 11.8. The SMILES string of the molecule is CCCCCCC(=O)Cc1ccc(C)cc1. The van der Waals surface area contributed by atoms with Crippen molar-refractivity contribution in [2.45, 2.75) is 52.4 Å². The number of rotatable bonds is 7. The van der Waals surface area contributed by atoms with Gasteiger partial charge in [-0.2, -0.15) is 0 Å². The van der Waals surface area contributed by atoms with E-state index in [2.05, 4.69) is 38.1 Å². The Morgan fingerprint density at radius 1 is 1.06 bits per heavy atom. The number of ketones is 1. The normalized spacial score (nSPS) is 10.4. The first kappa shape index (κ1) is 13.0. The van der Waals surface area contributed by atoms with E-state index in [9.17, 15) is 4.79 Å². The summed E-state index contributed by atoms with van der Waals surface area (Å²) in [6, 6.07) is 8.25. The van der Waals surface area contributed by atoms with E-state index in [1.54, 1.807) is 0 Å². The molecule has 0 unspecified atom stereocenters. The lowest BCUT2D eigenvalue weighted by Gasteiger charge is -2.02. The predicted molar refractivity (Wildman–Crippen MR) is 68.6 cm³/mol. The molecule has 16 heavy (non-hydrogen) atoms. The highest BCUT2D eigenvalue weighted by atomic mass is 16.1. The van der Waals surface area contributed by atoms with Gasteiger partial charge in [-0.25, -0.2) is 0 Å². The molecule has 0 aliphatic heterocycles. The van der Waals surface area contributed by atoms with Crippen LogP contribution in [-0.2, 0) is 11.2 Å². The van der Waals surface area contributed by atoms with Crippen molar-refractivity contribution in [2.75, 3.05) is 0 Å². The van der Waals surface area contributed by atoms with Crippen LogP contribution in [0.15, 0.2) is 24.3 Å². The van der Waals surface area contributed by atoms with E-state index >= 15 is 0 Å². The molecule has 1 rings (SSSR count). The Bertz CT molecular complexity index is 311. The summed E-state index contributed by atoms with van der Waals surface area (Å²) >= 11 is 0. The molecule has 0 radical (unpaired) electrons. The average molecular weight is 218 g/mol. The molecule has 0 bridgehead atoms. The first-order chi connectivity index (χ1) is 7.72. The summed E-state index contributed by atoms with van der Waals surface area (Å²) in [7, 11) is 0. The van der Waals surface area contributed by atoms with Crippen LogP contribution in [0.3, 0.4) is 0 Å². The van der Waals surface area contributed by atoms with Crippen LogP contribution < -0.4 is 0 Å². The van der Waals surface area contributed by atoms with Crippen LogP contribution in [-0.4, -0.2) is 5.78 Å². The second-order valence-corrected chi connectivity index (χ2v) is 4.51. The van der Waals surface area contributed by atoms with Crippen molar-refractivity contribution < 1.29 is 4.79 Å². The molecule has 0 aliphatic carbocycles. The minimum atomic E-state index is 0.375. The minimum absolute atomic E-state index is 0.375. The summed E-state index contributed by atoms with van der Waals surface area (Å²) in [6.07, 6.45) is 6.07. The Hall–Kier alpha value is -1.11. The molecule has 1 nitrogen and oxygen atoms in total. The van der Waals surface area contributed by atoms with Crippen LogP contribution in [0.5, 0.6) is 0 Å². The molecule has 1 aromatic rings. The largest absolute Gasteiger partial charge is 0.299 e. The quantitative estimate of drug-likeness (QED) is 0.630. The number of aryl methyl sites for hydroxylation is 1. The molecule has 0 fully saturated rings. The molecule has 0 aromatic heterocycles. The Labute approximate surface area is 98.9 Å². The molecule has 1 heteroatoms. The molecular formula is C15H22O. The molecule has 0 spiro atoms. The van der Waals surface area contributed by atoms with E-state index in [-0.39, 0.29) is 0 Å². The van der Waals surface area contributed by atoms with Crippen LogP contribution >= 0.6 is 0 Å². The van der Waals surface area contributed by atoms with Gasteiger partial charge in [-0.3, -0.25) is 4.79 Å². The van der Waals surface area contributed by atoms with E-state index in [1.165, 1.54) is 24.8 Å². The predicted octanol–water partition coefficient (Wildman–Crippen LogP) is 4.08. The van der Waals surface area contributed by atoms with Gasteiger partial charge >= 0.3 is 0 Å². The fourth-order valence-corrected chi connectivity index (χ4v) is 1.77. The molecule has 1 aromatic carbocycles. The number of hydrogen-bond acceptors (Lipinski definition) is 1. The highest BCUT2D eigenvalue weighted by Crippen LogP contribution is 2.08. The lowest BCUT2D eigenvalue weighted by Crippen LogP contribution is -2.02. The first-order valence-corrected chi connectivity index (χ1v) is 6.29. The van der Waals surface area contributed by atoms with Gasteiger partial charge in [0.25, 0.3) is 0 Å². The van der Waals surface area contributed by atoms with Crippen LogP contribution in [0.2, 0.25) is 0 Å². The van der Waals surface area contributed by atoms with Crippen molar-refractivity contribution in [3.05, 3.63) is 35.4 Å². The lowest BCUT2D eigenvalue weighted by atomic mass is 10.0. The number of carbonyl (C=O) groups is 1. The van der Waals surface area contributed by atoms with Crippen molar-refractivity contribution in [3.63, 3.8) is 0 Å². The summed E-state index contributed by atoms with van der Waals surface area (Å²) < 4.78 is 0. The fourth-order valence-electron chi connectivity index (χ4n) is 1.77. The van der Waals surface area contributed by atoms with Crippen molar-refractivity contribution >= 4 is 5.78 Å². The maximum Gasteiger partial charge on any atom is 0.137 e. The highest BCUT2D eigenvalue weighted by Gasteiger charge is 2.03. The van der Waals surface area contributed by atoms with E-state index < -0.39 is 0 Å². The third-order valence-corrected chi connectivity index (χ3v) is 2.83. The monoisotopic (exact) mass is 218 g/mol. The molecule has 0 heterocycles. The molecule has 0 saturated heterocycles. The average Bonchev–Trinajstić information content (AvgIpc) is 2.28. The van der Waals surface area contributed by atoms with Gasteiger partial charge in [0, 0.05) is 12.8 Å². The van der Waals surface area contributed by atoms with Gasteiger partial charge in [0.1, 0.15) is 5.78 Å². The maximum absolute atomic E-state index is 11.7. The Morgan fingerprint density at radius 2 is 1.75 bits per heavy atom. The zero-order valence-corrected chi connectivity index (χ0v) is 10.5. The third-order valence-electron chi connectivity index (χ3n) is 2.83. The number of Topliss-reactive ketones (excluding diaryl/α,β-unsaturated/α-hetero) is 1. The van der Waals surface area contributed by atoms with E-state index in [0.29, 0.717) is 12.2 Å². The molecule has 0 amide bonds. The second-order valence-electron chi connectivity index (χ2n) is 4.51. The molecule has 0 atom stereocenters. The minimum Gasteiger partial charge on any atom is -0.299 e. The number of unbranched alkanes of at least 4 members (excludes halogenated alkanes) is 3. The van der Waals surface area contributed by atoms with Crippen LogP contribution in [0.25, 0.3) is 0 Å². The fraction of sp³-hybridized carbons (Fsp3) is 0.533. The molecule has 0 aliphatic rings. The Kier molecular flexibility index (Phi) is 5.84. The van der Waals surface area contributed by atoms with Crippen molar-refractivity contribution in [1.82, 2.24) is 0 Å². The lowest BCUT2D eigenvalue weighted by molar-refractivity contribution is -0.118. The standard InChI is InChI=1S/C15H22O/c1-3-4-5-6-7-15(16)12-14-10-8-13(2)9-11-14/h8-11H,3-7,12H2,1-2H3. The molecule has 0 saturated carbocycles. The second kappa shape index (κ2) is 7.21. The molecule has 88 valence electrons. The smallest absolute Gasteiger partial charge is 0.137 e. The summed E-state index contributed by atoms with van der Waals surface area (Å²) in [4.78, 5) is 11.7. The Morgan fingerprint density at radius 3 is 2.38 bits per heavy atom. The first-order valence-electron chi connectivity index (χ1n) is 6.29. The van der Waals surface area contributed by atoms with Crippen molar-refractivity contribution in [3.8, 4) is 0 Å². The van der Waals surface area contributed by atoms with E-state index in [1.807, 2.05) is 0 Å². The van der Waals surface area contributed by atoms with Crippen LogP contribution in [0.1, 0.15) is 50.2 Å². The summed E-state index contributed by atoms with van der Waals surface area (Å²) in [5, 5.41) is 0. The van der Waals surface area contributed by atoms with E-state index in [0.717, 1.165) is 18.4 Å². The van der Waals surface area contributed by atoms with Gasteiger partial charge in [-0.1, -0.05) is 56.0 Å². The van der Waals surface area contributed by atoms with Crippen molar-refractivity contribution in [2.24, 2.45) is 0 Å². The maximum atomic E-state index is 11.7. The zero-order valence-electron chi connectivity index (χ0n) is 10.5. The summed E-state index contributed by atoms with van der Waals surface area (Å²) in [5.74, 6) is 0.375. The Balaban J connectivity index is 2.26. The van der Waals surface area contributed by atoms with Crippen molar-refractivity contribution in [1.29, 1.82) is 0 Å². The topological polar surface area (TPSA) is 17.1 Å². The van der Waals surface area contributed by atoms with Crippen LogP contribution in [0.4, 0.5) is 0 Å². The third kappa shape index (κ3) is 5.11.